The number of alkyl halides is 2. The summed E-state index contributed by atoms with van der Waals surface area (Å²) in [5.41, 5.74) is 0.262. The lowest BCUT2D eigenvalue weighted by Crippen LogP contribution is -2.67. The minimum atomic E-state index is -0.557. The van der Waals surface area contributed by atoms with Crippen molar-refractivity contribution in [3.8, 4) is 0 Å². The zero-order valence-corrected chi connectivity index (χ0v) is 21.2. The fourth-order valence-electron chi connectivity index (χ4n) is 6.49. The molecule has 0 aromatic rings. The Bertz CT molecular complexity index is 449. The van der Waals surface area contributed by atoms with E-state index < -0.39 is 4.33 Å². The summed E-state index contributed by atoms with van der Waals surface area (Å²) in [5.74, 6) is 0. The van der Waals surface area contributed by atoms with Crippen molar-refractivity contribution < 1.29 is 9.47 Å². The molecule has 3 aliphatic carbocycles. The van der Waals surface area contributed by atoms with Gasteiger partial charge >= 0.3 is 0 Å². The molecule has 4 heteroatoms. The molecule has 3 rings (SSSR count). The largest absolute Gasteiger partial charge is 0.378 e. The van der Waals surface area contributed by atoms with E-state index in [1.54, 1.807) is 0 Å². The van der Waals surface area contributed by atoms with Gasteiger partial charge in [0.2, 0.25) is 0 Å². The number of hydrogen-bond acceptors (Lipinski definition) is 2. The summed E-state index contributed by atoms with van der Waals surface area (Å²) in [6, 6.07) is 0. The molecule has 3 aliphatic rings. The minimum absolute atomic E-state index is 0.131. The average Bonchev–Trinajstić information content (AvgIpc) is 2.75. The second-order valence-corrected chi connectivity index (χ2v) is 11.9. The quantitative estimate of drug-likeness (QED) is 0.214. The summed E-state index contributed by atoms with van der Waals surface area (Å²) in [6.45, 7) is 6.36. The SMILES string of the molecule is CCCCCCOC1CC[C@]2(CC1)C[C@@]1(CCC(OCCCCCC)CC1)C2(Cl)Cl. The Balaban J connectivity index is 1.38. The van der Waals surface area contributed by atoms with Crippen molar-refractivity contribution in [2.45, 2.75) is 140 Å². The first-order chi connectivity index (χ1) is 14.5. The molecule has 3 fully saturated rings. The Kier molecular flexibility index (Phi) is 9.69. The molecule has 0 heterocycles. The summed E-state index contributed by atoms with van der Waals surface area (Å²) in [7, 11) is 0. The molecule has 176 valence electrons. The summed E-state index contributed by atoms with van der Waals surface area (Å²) in [5, 5.41) is 0. The first-order valence-corrected chi connectivity index (χ1v) is 13.9. The molecule has 3 saturated carbocycles. The second-order valence-electron chi connectivity index (χ2n) is 10.6. The van der Waals surface area contributed by atoms with Gasteiger partial charge in [0.15, 0.2) is 0 Å². The van der Waals surface area contributed by atoms with Gasteiger partial charge in [-0.15, -0.1) is 23.2 Å². The molecule has 0 aromatic carbocycles. The molecular weight excluding hydrogens is 415 g/mol. The molecule has 2 nitrogen and oxygen atoms in total. The van der Waals surface area contributed by atoms with Crippen LogP contribution in [0.2, 0.25) is 0 Å². The van der Waals surface area contributed by atoms with Crippen LogP contribution in [0.1, 0.15) is 123 Å². The molecule has 0 unspecified atom stereocenters. The maximum Gasteiger partial charge on any atom is 0.129 e. The van der Waals surface area contributed by atoms with Crippen molar-refractivity contribution in [2.75, 3.05) is 13.2 Å². The summed E-state index contributed by atoms with van der Waals surface area (Å²) in [4.78, 5) is 0. The first kappa shape index (κ1) is 25.1. The molecule has 0 N–H and O–H groups in total. The van der Waals surface area contributed by atoms with Crippen LogP contribution in [0.4, 0.5) is 0 Å². The molecule has 0 atom stereocenters. The van der Waals surface area contributed by atoms with Crippen LogP contribution in [-0.4, -0.2) is 29.8 Å². The number of unbranched alkanes of at least 4 members (excludes halogenated alkanes) is 6. The predicted octanol–water partition coefficient (Wildman–Crippen LogP) is 8.62. The van der Waals surface area contributed by atoms with Crippen LogP contribution >= 0.6 is 23.2 Å². The van der Waals surface area contributed by atoms with Crippen molar-refractivity contribution in [1.29, 1.82) is 0 Å². The molecule has 2 spiro atoms. The van der Waals surface area contributed by atoms with E-state index in [1.165, 1.54) is 57.8 Å². The molecule has 0 aromatic heterocycles. The molecule has 0 bridgehead atoms. The third-order valence-electron chi connectivity index (χ3n) is 8.49. The third-order valence-corrected chi connectivity index (χ3v) is 10.1. The highest BCUT2D eigenvalue weighted by atomic mass is 35.5. The average molecular weight is 462 g/mol. The van der Waals surface area contributed by atoms with Gasteiger partial charge < -0.3 is 9.47 Å². The van der Waals surface area contributed by atoms with Gasteiger partial charge in [-0.1, -0.05) is 52.4 Å². The van der Waals surface area contributed by atoms with E-state index in [4.69, 9.17) is 32.7 Å². The summed E-state index contributed by atoms with van der Waals surface area (Å²) < 4.78 is 11.8. The van der Waals surface area contributed by atoms with Crippen molar-refractivity contribution in [3.63, 3.8) is 0 Å². The standard InChI is InChI=1S/C26H46Cl2O2/c1-3-5-7-9-19-29-22-11-15-24(16-12-22)21-25(26(24,27)28)17-13-23(14-18-25)30-20-10-8-6-4-2/h22-23H,3-21H2,1-2H3/t22?,23?,24-,25-. The van der Waals surface area contributed by atoms with Crippen LogP contribution in [0, 0.1) is 10.8 Å². The summed E-state index contributed by atoms with van der Waals surface area (Å²) >= 11 is 14.4. The van der Waals surface area contributed by atoms with Crippen LogP contribution in [-0.2, 0) is 9.47 Å². The lowest BCUT2D eigenvalue weighted by Gasteiger charge is -2.69. The smallest absolute Gasteiger partial charge is 0.129 e. The van der Waals surface area contributed by atoms with Crippen LogP contribution < -0.4 is 0 Å². The van der Waals surface area contributed by atoms with Gasteiger partial charge in [0.05, 0.1) is 12.2 Å². The Labute approximate surface area is 196 Å². The van der Waals surface area contributed by atoms with E-state index in [1.807, 2.05) is 0 Å². The van der Waals surface area contributed by atoms with Gasteiger partial charge in [0.1, 0.15) is 4.33 Å². The van der Waals surface area contributed by atoms with E-state index >= 15 is 0 Å². The Hall–Kier alpha value is 0.500. The number of ether oxygens (including phenoxy) is 2. The monoisotopic (exact) mass is 460 g/mol. The van der Waals surface area contributed by atoms with E-state index in [-0.39, 0.29) is 10.8 Å². The molecule has 0 aliphatic heterocycles. The van der Waals surface area contributed by atoms with E-state index in [2.05, 4.69) is 13.8 Å². The Morgan fingerprint density at radius 1 is 0.633 bits per heavy atom. The molecule has 0 saturated heterocycles. The maximum absolute atomic E-state index is 7.18. The van der Waals surface area contributed by atoms with Gasteiger partial charge in [-0.05, 0) is 70.6 Å². The Morgan fingerprint density at radius 2 is 1.03 bits per heavy atom. The van der Waals surface area contributed by atoms with Gasteiger partial charge in [0, 0.05) is 24.0 Å². The number of rotatable bonds is 12. The zero-order valence-electron chi connectivity index (χ0n) is 19.7. The normalized spacial score (nSPS) is 35.6. The highest BCUT2D eigenvalue weighted by Crippen LogP contribution is 2.76. The molecule has 30 heavy (non-hydrogen) atoms. The first-order valence-electron chi connectivity index (χ1n) is 13.1. The van der Waals surface area contributed by atoms with Gasteiger partial charge in [-0.3, -0.25) is 0 Å². The predicted molar refractivity (Wildman–Crippen MR) is 129 cm³/mol. The molecular formula is C26H46Cl2O2. The van der Waals surface area contributed by atoms with E-state index in [0.29, 0.717) is 12.2 Å². The third kappa shape index (κ3) is 5.52. The minimum Gasteiger partial charge on any atom is -0.378 e. The van der Waals surface area contributed by atoms with Crippen LogP contribution in [0.5, 0.6) is 0 Å². The van der Waals surface area contributed by atoms with Gasteiger partial charge in [-0.2, -0.15) is 0 Å². The highest BCUT2D eigenvalue weighted by Gasteiger charge is 2.72. The van der Waals surface area contributed by atoms with Gasteiger partial charge in [0.25, 0.3) is 0 Å². The van der Waals surface area contributed by atoms with E-state index in [9.17, 15) is 0 Å². The zero-order chi connectivity index (χ0) is 21.5. The fraction of sp³-hybridized carbons (Fsp3) is 1.00. The fourth-order valence-corrected chi connectivity index (χ4v) is 7.51. The van der Waals surface area contributed by atoms with Crippen LogP contribution in [0.25, 0.3) is 0 Å². The topological polar surface area (TPSA) is 18.5 Å². The summed E-state index contributed by atoms with van der Waals surface area (Å²) in [6.07, 6.45) is 21.4. The molecule has 0 amide bonds. The van der Waals surface area contributed by atoms with Crippen molar-refractivity contribution in [3.05, 3.63) is 0 Å². The van der Waals surface area contributed by atoms with Crippen molar-refractivity contribution in [1.82, 2.24) is 0 Å². The second kappa shape index (κ2) is 11.6. The van der Waals surface area contributed by atoms with Crippen LogP contribution in [0.3, 0.4) is 0 Å². The molecule has 0 radical (unpaired) electrons. The van der Waals surface area contributed by atoms with Gasteiger partial charge in [-0.25, -0.2) is 0 Å². The van der Waals surface area contributed by atoms with Crippen LogP contribution in [0.15, 0.2) is 0 Å². The Morgan fingerprint density at radius 3 is 1.37 bits per heavy atom. The van der Waals surface area contributed by atoms with E-state index in [0.717, 1.165) is 64.6 Å². The van der Waals surface area contributed by atoms with Crippen molar-refractivity contribution in [2.24, 2.45) is 10.8 Å². The maximum atomic E-state index is 7.18. The highest BCUT2D eigenvalue weighted by molar-refractivity contribution is 6.50. The lowest BCUT2D eigenvalue weighted by molar-refractivity contribution is -0.139. The van der Waals surface area contributed by atoms with Crippen molar-refractivity contribution >= 4 is 23.2 Å². The number of hydrogen-bond donors (Lipinski definition) is 0. The lowest BCUT2D eigenvalue weighted by atomic mass is 9.44. The number of halogens is 2.